The maximum atomic E-state index is 11.3. The lowest BCUT2D eigenvalue weighted by atomic mass is 10.2. The number of nitrogens with zero attached hydrogens (tertiary/aromatic N) is 1. The van der Waals surface area contributed by atoms with E-state index in [4.69, 9.17) is 0 Å². The van der Waals surface area contributed by atoms with Gasteiger partial charge in [0.15, 0.2) is 5.65 Å². The van der Waals surface area contributed by atoms with Crippen LogP contribution in [-0.2, 0) is 6.54 Å². The van der Waals surface area contributed by atoms with E-state index in [9.17, 15) is 4.79 Å². The summed E-state index contributed by atoms with van der Waals surface area (Å²) in [5, 5.41) is 8.99. The quantitative estimate of drug-likeness (QED) is 0.657. The van der Waals surface area contributed by atoms with Crippen molar-refractivity contribution in [1.82, 2.24) is 20.5 Å². The third-order valence-corrected chi connectivity index (χ3v) is 2.06. The molecule has 0 radical (unpaired) electrons. The number of pyridine rings is 1. The zero-order valence-corrected chi connectivity index (χ0v) is 7.92. The number of aromatic nitrogens is 3. The molecule has 0 aliphatic carbocycles. The SMILES string of the molecule is CCNCc1cnc2[nH][nH]c(=O)c2c1. The van der Waals surface area contributed by atoms with Gasteiger partial charge in [-0.25, -0.2) is 4.98 Å². The number of rotatable bonds is 3. The van der Waals surface area contributed by atoms with Gasteiger partial charge in [-0.15, -0.1) is 0 Å². The van der Waals surface area contributed by atoms with Crippen LogP contribution in [0.2, 0.25) is 0 Å². The van der Waals surface area contributed by atoms with Crippen LogP contribution < -0.4 is 10.9 Å². The normalized spacial score (nSPS) is 10.9. The van der Waals surface area contributed by atoms with Crippen molar-refractivity contribution < 1.29 is 0 Å². The summed E-state index contributed by atoms with van der Waals surface area (Å²) < 4.78 is 0. The van der Waals surface area contributed by atoms with Crippen LogP contribution in [0.1, 0.15) is 12.5 Å². The molecule has 2 rings (SSSR count). The van der Waals surface area contributed by atoms with Crippen LogP contribution in [0.3, 0.4) is 0 Å². The monoisotopic (exact) mass is 192 g/mol. The molecule has 0 aliphatic heterocycles. The fraction of sp³-hybridized carbons (Fsp3) is 0.333. The minimum atomic E-state index is -0.120. The summed E-state index contributed by atoms with van der Waals surface area (Å²) in [6, 6.07) is 1.85. The molecule has 0 atom stereocenters. The molecule has 0 aliphatic rings. The number of nitrogens with one attached hydrogen (secondary N) is 3. The predicted octanol–water partition coefficient (Wildman–Crippen LogP) is 0.361. The molecule has 74 valence electrons. The molecule has 0 saturated carbocycles. The van der Waals surface area contributed by atoms with E-state index in [1.165, 1.54) is 0 Å². The zero-order valence-electron chi connectivity index (χ0n) is 7.92. The van der Waals surface area contributed by atoms with Crippen LogP contribution in [-0.4, -0.2) is 21.7 Å². The first-order valence-electron chi connectivity index (χ1n) is 4.57. The Hall–Kier alpha value is -1.62. The van der Waals surface area contributed by atoms with Crippen molar-refractivity contribution in [3.05, 3.63) is 28.2 Å². The molecule has 0 saturated heterocycles. The Balaban J connectivity index is 2.39. The number of hydrogen-bond donors (Lipinski definition) is 3. The first-order chi connectivity index (χ1) is 6.81. The fourth-order valence-electron chi connectivity index (χ4n) is 1.33. The molecule has 3 N–H and O–H groups in total. The lowest BCUT2D eigenvalue weighted by molar-refractivity contribution is 0.725. The van der Waals surface area contributed by atoms with Gasteiger partial charge < -0.3 is 5.32 Å². The zero-order chi connectivity index (χ0) is 9.97. The Labute approximate surface area is 80.5 Å². The summed E-state index contributed by atoms with van der Waals surface area (Å²) in [7, 11) is 0. The van der Waals surface area contributed by atoms with Gasteiger partial charge in [0.1, 0.15) is 0 Å². The van der Waals surface area contributed by atoms with Gasteiger partial charge in [-0.1, -0.05) is 6.92 Å². The van der Waals surface area contributed by atoms with Crippen molar-refractivity contribution in [3.63, 3.8) is 0 Å². The third kappa shape index (κ3) is 1.54. The molecule has 2 heterocycles. The van der Waals surface area contributed by atoms with E-state index in [0.717, 1.165) is 18.7 Å². The second kappa shape index (κ2) is 3.63. The molecule has 2 aromatic heterocycles. The highest BCUT2D eigenvalue weighted by Gasteiger charge is 2.02. The lowest BCUT2D eigenvalue weighted by Gasteiger charge is -2.00. The van der Waals surface area contributed by atoms with Crippen molar-refractivity contribution in [2.75, 3.05) is 6.54 Å². The second-order valence-corrected chi connectivity index (χ2v) is 3.10. The molecular weight excluding hydrogens is 180 g/mol. The highest BCUT2D eigenvalue weighted by atomic mass is 16.1. The summed E-state index contributed by atoms with van der Waals surface area (Å²) in [4.78, 5) is 15.4. The smallest absolute Gasteiger partial charge is 0.273 e. The van der Waals surface area contributed by atoms with Crippen LogP contribution in [0.5, 0.6) is 0 Å². The molecule has 5 heteroatoms. The summed E-state index contributed by atoms with van der Waals surface area (Å²) in [6.07, 6.45) is 1.76. The fourth-order valence-corrected chi connectivity index (χ4v) is 1.33. The van der Waals surface area contributed by atoms with Gasteiger partial charge >= 0.3 is 0 Å². The second-order valence-electron chi connectivity index (χ2n) is 3.10. The maximum absolute atomic E-state index is 11.3. The van der Waals surface area contributed by atoms with Gasteiger partial charge in [-0.3, -0.25) is 15.0 Å². The van der Waals surface area contributed by atoms with Crippen molar-refractivity contribution >= 4 is 11.0 Å². The van der Waals surface area contributed by atoms with Crippen LogP contribution in [0.25, 0.3) is 11.0 Å². The van der Waals surface area contributed by atoms with Gasteiger partial charge in [0.25, 0.3) is 5.56 Å². The van der Waals surface area contributed by atoms with Gasteiger partial charge in [0, 0.05) is 12.7 Å². The Morgan fingerprint density at radius 3 is 3.14 bits per heavy atom. The van der Waals surface area contributed by atoms with Crippen molar-refractivity contribution in [2.24, 2.45) is 0 Å². The van der Waals surface area contributed by atoms with Crippen LogP contribution in [0.15, 0.2) is 17.1 Å². The van der Waals surface area contributed by atoms with Crippen molar-refractivity contribution in [3.8, 4) is 0 Å². The number of aromatic amines is 2. The minimum Gasteiger partial charge on any atom is -0.313 e. The number of hydrogen-bond acceptors (Lipinski definition) is 3. The summed E-state index contributed by atoms with van der Waals surface area (Å²) in [6.45, 7) is 3.68. The first kappa shape index (κ1) is 8.96. The standard InChI is InChI=1S/C9H12N4O/c1-2-10-4-6-3-7-8(11-5-6)12-13-9(7)14/h3,5,10H,2,4H2,1H3,(H2,11,12,13,14). The van der Waals surface area contributed by atoms with Crippen LogP contribution in [0.4, 0.5) is 0 Å². The van der Waals surface area contributed by atoms with Crippen molar-refractivity contribution in [1.29, 1.82) is 0 Å². The molecule has 0 bridgehead atoms. The predicted molar refractivity (Wildman–Crippen MR) is 54.1 cm³/mol. The van der Waals surface area contributed by atoms with E-state index in [-0.39, 0.29) is 5.56 Å². The summed E-state index contributed by atoms with van der Waals surface area (Å²) >= 11 is 0. The van der Waals surface area contributed by atoms with E-state index in [0.29, 0.717) is 11.0 Å². The molecule has 0 spiro atoms. The Morgan fingerprint density at radius 1 is 1.50 bits per heavy atom. The summed E-state index contributed by atoms with van der Waals surface area (Å²) in [5.41, 5.74) is 1.51. The Bertz CT molecular complexity index is 485. The molecule has 0 amide bonds. The Kier molecular flexibility index (Phi) is 2.32. The molecule has 0 unspecified atom stereocenters. The maximum Gasteiger partial charge on any atom is 0.273 e. The van der Waals surface area contributed by atoms with Crippen LogP contribution >= 0.6 is 0 Å². The number of H-pyrrole nitrogens is 2. The largest absolute Gasteiger partial charge is 0.313 e. The van der Waals surface area contributed by atoms with Crippen LogP contribution in [0, 0.1) is 0 Å². The molecule has 14 heavy (non-hydrogen) atoms. The third-order valence-electron chi connectivity index (χ3n) is 2.06. The lowest BCUT2D eigenvalue weighted by Crippen LogP contribution is -2.12. The number of fused-ring (bicyclic) bond motifs is 1. The van der Waals surface area contributed by atoms with E-state index in [1.54, 1.807) is 6.20 Å². The van der Waals surface area contributed by atoms with E-state index in [1.807, 2.05) is 13.0 Å². The first-order valence-corrected chi connectivity index (χ1v) is 4.57. The highest BCUT2D eigenvalue weighted by Crippen LogP contribution is 2.05. The highest BCUT2D eigenvalue weighted by molar-refractivity contribution is 5.73. The van der Waals surface area contributed by atoms with E-state index >= 15 is 0 Å². The average Bonchev–Trinajstić information content (AvgIpc) is 2.57. The summed E-state index contributed by atoms with van der Waals surface area (Å²) in [5.74, 6) is 0. The van der Waals surface area contributed by atoms with E-state index < -0.39 is 0 Å². The molecular formula is C9H12N4O. The van der Waals surface area contributed by atoms with Crippen molar-refractivity contribution in [2.45, 2.75) is 13.5 Å². The van der Waals surface area contributed by atoms with Gasteiger partial charge in [0.05, 0.1) is 5.39 Å². The van der Waals surface area contributed by atoms with Gasteiger partial charge in [-0.05, 0) is 18.2 Å². The molecule has 2 aromatic rings. The average molecular weight is 192 g/mol. The minimum absolute atomic E-state index is 0.120. The van der Waals surface area contributed by atoms with Gasteiger partial charge in [0.2, 0.25) is 0 Å². The topological polar surface area (TPSA) is 73.6 Å². The Morgan fingerprint density at radius 2 is 2.36 bits per heavy atom. The molecule has 0 fully saturated rings. The molecule has 0 aromatic carbocycles. The van der Waals surface area contributed by atoms with E-state index in [2.05, 4.69) is 20.5 Å². The molecule has 5 nitrogen and oxygen atoms in total. The van der Waals surface area contributed by atoms with Gasteiger partial charge in [-0.2, -0.15) is 0 Å².